The molecular weight excluding hydrogens is 407 g/mol. The summed E-state index contributed by atoms with van der Waals surface area (Å²) >= 11 is 12.6. The number of ketones is 1. The summed E-state index contributed by atoms with van der Waals surface area (Å²) in [6.45, 7) is 0.349. The van der Waals surface area contributed by atoms with Crippen LogP contribution < -0.4 is 4.74 Å². The minimum absolute atomic E-state index is 0.106. The van der Waals surface area contributed by atoms with Crippen LogP contribution in [0.5, 0.6) is 5.75 Å². The van der Waals surface area contributed by atoms with Gasteiger partial charge < -0.3 is 4.74 Å². The summed E-state index contributed by atoms with van der Waals surface area (Å²) in [5.74, 6) is 0.0869. The molecule has 0 amide bonds. The number of carbonyl (C=O) groups is 1. The molecule has 0 fully saturated rings. The van der Waals surface area contributed by atoms with Crippen LogP contribution in [0.3, 0.4) is 0 Å². The summed E-state index contributed by atoms with van der Waals surface area (Å²) in [7, 11) is 0. The summed E-state index contributed by atoms with van der Waals surface area (Å²) in [5.41, 5.74) is 0.938. The molecule has 0 aliphatic carbocycles. The van der Waals surface area contributed by atoms with E-state index in [1.807, 2.05) is 54.6 Å². The number of fused-ring (bicyclic) bond motifs is 1. The molecule has 0 unspecified atom stereocenters. The van der Waals surface area contributed by atoms with Gasteiger partial charge in [0.05, 0.1) is 12.1 Å². The maximum atomic E-state index is 13.9. The van der Waals surface area contributed by atoms with Crippen LogP contribution in [-0.2, 0) is 0 Å². The third-order valence-electron chi connectivity index (χ3n) is 5.61. The number of hydrogen-bond donors (Lipinski definition) is 0. The standard InChI is InChI=1S/C23H16Cl2N2O2/c24-15-10-11-16(19(25)12-15)18-13-26-27-23(18)21(28)17-8-4-5-9-20(17)29-22(23)14-6-2-1-3-7-14/h1-12,18,22H,13H2/t18-,22+,23+/m0/s1. The van der Waals surface area contributed by atoms with E-state index in [1.54, 1.807) is 18.2 Å². The van der Waals surface area contributed by atoms with E-state index >= 15 is 0 Å². The Bertz CT molecular complexity index is 1130. The van der Waals surface area contributed by atoms with Crippen molar-refractivity contribution in [1.29, 1.82) is 0 Å². The average molecular weight is 423 g/mol. The van der Waals surface area contributed by atoms with Gasteiger partial charge in [0.1, 0.15) is 5.75 Å². The van der Waals surface area contributed by atoms with Gasteiger partial charge in [-0.1, -0.05) is 71.7 Å². The van der Waals surface area contributed by atoms with Crippen molar-refractivity contribution in [1.82, 2.24) is 0 Å². The number of azo groups is 1. The number of carbonyl (C=O) groups excluding carboxylic acids is 1. The molecule has 3 aromatic carbocycles. The van der Waals surface area contributed by atoms with Gasteiger partial charge in [-0.2, -0.15) is 10.2 Å². The number of halogens is 2. The maximum Gasteiger partial charge on any atom is 0.200 e. The monoisotopic (exact) mass is 422 g/mol. The fourth-order valence-electron chi connectivity index (χ4n) is 4.27. The predicted octanol–water partition coefficient (Wildman–Crippen LogP) is 6.30. The van der Waals surface area contributed by atoms with E-state index in [-0.39, 0.29) is 11.7 Å². The van der Waals surface area contributed by atoms with E-state index in [0.717, 1.165) is 11.1 Å². The van der Waals surface area contributed by atoms with Crippen molar-refractivity contribution < 1.29 is 9.53 Å². The lowest BCUT2D eigenvalue weighted by atomic mass is 9.69. The smallest absolute Gasteiger partial charge is 0.200 e. The highest BCUT2D eigenvalue weighted by atomic mass is 35.5. The fraction of sp³-hybridized carbons (Fsp3) is 0.174. The molecule has 6 heteroatoms. The van der Waals surface area contributed by atoms with Crippen molar-refractivity contribution in [3.63, 3.8) is 0 Å². The first-order valence-corrected chi connectivity index (χ1v) is 10.1. The molecule has 4 nitrogen and oxygen atoms in total. The zero-order valence-electron chi connectivity index (χ0n) is 15.3. The minimum Gasteiger partial charge on any atom is -0.482 e. The highest BCUT2D eigenvalue weighted by Gasteiger charge is 2.60. The number of Topliss-reactive ketones (excluding diaryl/α,β-unsaturated/α-hetero) is 1. The van der Waals surface area contributed by atoms with Crippen LogP contribution in [-0.4, -0.2) is 17.9 Å². The first-order valence-electron chi connectivity index (χ1n) is 9.30. The fourth-order valence-corrected chi connectivity index (χ4v) is 4.81. The van der Waals surface area contributed by atoms with Crippen LogP contribution in [0.2, 0.25) is 10.0 Å². The largest absolute Gasteiger partial charge is 0.482 e. The molecule has 2 heterocycles. The quantitative estimate of drug-likeness (QED) is 0.486. The Morgan fingerprint density at radius 3 is 2.52 bits per heavy atom. The average Bonchev–Trinajstić information content (AvgIpc) is 3.17. The summed E-state index contributed by atoms with van der Waals surface area (Å²) < 4.78 is 6.40. The van der Waals surface area contributed by atoms with Crippen molar-refractivity contribution in [2.75, 3.05) is 6.54 Å². The summed E-state index contributed by atoms with van der Waals surface area (Å²) in [6, 6.07) is 22.2. The van der Waals surface area contributed by atoms with Crippen molar-refractivity contribution in [3.05, 3.63) is 99.5 Å². The molecule has 3 aromatic rings. The topological polar surface area (TPSA) is 51.0 Å². The number of nitrogens with zero attached hydrogens (tertiary/aromatic N) is 2. The first kappa shape index (κ1) is 18.3. The second-order valence-corrected chi connectivity index (χ2v) is 8.05. The molecule has 1 spiro atoms. The van der Waals surface area contributed by atoms with Crippen LogP contribution >= 0.6 is 23.2 Å². The van der Waals surface area contributed by atoms with Gasteiger partial charge in [0.25, 0.3) is 0 Å². The van der Waals surface area contributed by atoms with E-state index < -0.39 is 11.6 Å². The lowest BCUT2D eigenvalue weighted by Gasteiger charge is -2.41. The van der Waals surface area contributed by atoms with Crippen molar-refractivity contribution >= 4 is 29.0 Å². The van der Waals surface area contributed by atoms with E-state index in [9.17, 15) is 4.79 Å². The van der Waals surface area contributed by atoms with Gasteiger partial charge in [-0.25, -0.2) is 0 Å². The van der Waals surface area contributed by atoms with Crippen molar-refractivity contribution in [2.45, 2.75) is 17.6 Å². The van der Waals surface area contributed by atoms with Gasteiger partial charge in [-0.15, -0.1) is 0 Å². The van der Waals surface area contributed by atoms with Crippen LogP contribution in [0.25, 0.3) is 0 Å². The molecular formula is C23H16Cl2N2O2. The summed E-state index contributed by atoms with van der Waals surface area (Å²) in [5, 5.41) is 9.89. The Kier molecular flexibility index (Phi) is 4.41. The molecule has 3 atom stereocenters. The molecule has 0 saturated carbocycles. The van der Waals surface area contributed by atoms with Gasteiger partial charge in [-0.05, 0) is 35.4 Å². The van der Waals surface area contributed by atoms with E-state index in [0.29, 0.717) is 27.9 Å². The third kappa shape index (κ3) is 2.78. The normalized spacial score (nSPS) is 25.1. The second-order valence-electron chi connectivity index (χ2n) is 7.20. The number of hydrogen-bond acceptors (Lipinski definition) is 4. The minimum atomic E-state index is -1.23. The van der Waals surface area contributed by atoms with Gasteiger partial charge in [-0.3, -0.25) is 4.79 Å². The molecule has 2 aliphatic rings. The molecule has 144 valence electrons. The third-order valence-corrected chi connectivity index (χ3v) is 6.17. The Morgan fingerprint density at radius 2 is 1.72 bits per heavy atom. The van der Waals surface area contributed by atoms with Crippen LogP contribution in [0.4, 0.5) is 0 Å². The van der Waals surface area contributed by atoms with Crippen LogP contribution in [0, 0.1) is 0 Å². The number of benzene rings is 3. The highest BCUT2D eigenvalue weighted by Crippen LogP contribution is 2.53. The molecule has 5 rings (SSSR count). The zero-order chi connectivity index (χ0) is 20.0. The number of rotatable bonds is 2. The molecule has 0 N–H and O–H groups in total. The number of para-hydroxylation sites is 1. The lowest BCUT2D eigenvalue weighted by molar-refractivity contribution is 0.0522. The molecule has 2 aliphatic heterocycles. The van der Waals surface area contributed by atoms with Crippen LogP contribution in [0.1, 0.15) is 33.5 Å². The predicted molar refractivity (Wildman–Crippen MR) is 112 cm³/mol. The molecule has 0 aromatic heterocycles. The molecule has 0 bridgehead atoms. The van der Waals surface area contributed by atoms with Gasteiger partial charge in [0.2, 0.25) is 5.78 Å². The SMILES string of the molecule is O=C1c2ccccc2O[C@H](c2ccccc2)[C@]12N=NC[C@H]2c1ccc(Cl)cc1Cl. The highest BCUT2D eigenvalue weighted by molar-refractivity contribution is 6.35. The van der Waals surface area contributed by atoms with E-state index in [4.69, 9.17) is 27.9 Å². The zero-order valence-corrected chi connectivity index (χ0v) is 16.8. The van der Waals surface area contributed by atoms with E-state index in [1.165, 1.54) is 0 Å². The Morgan fingerprint density at radius 1 is 0.966 bits per heavy atom. The molecule has 0 radical (unpaired) electrons. The van der Waals surface area contributed by atoms with Crippen molar-refractivity contribution in [3.8, 4) is 5.75 Å². The lowest BCUT2D eigenvalue weighted by Crippen LogP contribution is -2.51. The van der Waals surface area contributed by atoms with Crippen molar-refractivity contribution in [2.24, 2.45) is 10.2 Å². The van der Waals surface area contributed by atoms with Gasteiger partial charge in [0, 0.05) is 16.0 Å². The summed E-state index contributed by atoms with van der Waals surface area (Å²) in [4.78, 5) is 13.9. The Hall–Kier alpha value is -2.69. The second kappa shape index (κ2) is 6.97. The van der Waals surface area contributed by atoms with Gasteiger partial charge in [0.15, 0.2) is 11.6 Å². The Labute approximate surface area is 178 Å². The molecule has 0 saturated heterocycles. The summed E-state index contributed by atoms with van der Waals surface area (Å²) in [6.07, 6.45) is -0.617. The van der Waals surface area contributed by atoms with Crippen LogP contribution in [0.15, 0.2) is 83.0 Å². The maximum absolute atomic E-state index is 13.9. The van der Waals surface area contributed by atoms with Gasteiger partial charge >= 0.3 is 0 Å². The van der Waals surface area contributed by atoms with E-state index in [2.05, 4.69) is 10.2 Å². The first-order chi connectivity index (χ1) is 14.1. The Balaban J connectivity index is 1.74. The molecule has 29 heavy (non-hydrogen) atoms. The number of ether oxygens (including phenoxy) is 1.